The van der Waals surface area contributed by atoms with E-state index >= 15 is 0 Å². The summed E-state index contributed by atoms with van der Waals surface area (Å²) in [6.07, 6.45) is 5.56. The minimum absolute atomic E-state index is 0.242. The molecule has 0 aliphatic rings. The van der Waals surface area contributed by atoms with Gasteiger partial charge in [0, 0.05) is 24.6 Å². The van der Waals surface area contributed by atoms with Crippen molar-refractivity contribution in [2.45, 2.75) is 38.8 Å². The third kappa shape index (κ3) is 7.19. The second kappa shape index (κ2) is 11.6. The largest absolute Gasteiger partial charge is 0.334 e. The molecule has 3 N–H and O–H groups in total. The molecule has 2 aromatic carbocycles. The molecule has 0 spiro atoms. The molecule has 0 saturated carbocycles. The van der Waals surface area contributed by atoms with Crippen LogP contribution in [0.5, 0.6) is 0 Å². The van der Waals surface area contributed by atoms with Crippen LogP contribution < -0.4 is 16.0 Å². The molecule has 0 aliphatic carbocycles. The molecule has 0 radical (unpaired) electrons. The third-order valence-electron chi connectivity index (χ3n) is 4.94. The first-order valence-electron chi connectivity index (χ1n) is 10.6. The van der Waals surface area contributed by atoms with Crippen LogP contribution in [0.1, 0.15) is 36.5 Å². The van der Waals surface area contributed by atoms with Crippen LogP contribution in [-0.2, 0) is 17.8 Å². The Morgan fingerprint density at radius 3 is 2.19 bits per heavy atom. The molecule has 32 heavy (non-hydrogen) atoms. The van der Waals surface area contributed by atoms with E-state index in [0.717, 1.165) is 29.5 Å². The second-order valence-corrected chi connectivity index (χ2v) is 7.51. The number of anilines is 1. The average Bonchev–Trinajstić information content (AvgIpc) is 2.80. The van der Waals surface area contributed by atoms with Crippen molar-refractivity contribution in [3.8, 4) is 0 Å². The monoisotopic (exact) mass is 434 g/mol. The molecule has 7 heteroatoms. The molecule has 0 aliphatic heterocycles. The van der Waals surface area contributed by atoms with E-state index in [1.165, 1.54) is 12.1 Å². The van der Waals surface area contributed by atoms with Gasteiger partial charge < -0.3 is 16.0 Å². The van der Waals surface area contributed by atoms with Crippen LogP contribution in [0.15, 0.2) is 73.1 Å². The van der Waals surface area contributed by atoms with Gasteiger partial charge in [0.1, 0.15) is 11.9 Å². The number of benzene rings is 2. The Bertz CT molecular complexity index is 1010. The molecule has 0 fully saturated rings. The highest BCUT2D eigenvalue weighted by molar-refractivity contribution is 5.97. The number of carbonyl (C=O) groups is 2. The second-order valence-electron chi connectivity index (χ2n) is 7.51. The summed E-state index contributed by atoms with van der Waals surface area (Å²) in [5.74, 6) is -0.603. The summed E-state index contributed by atoms with van der Waals surface area (Å²) in [5.41, 5.74) is 3.72. The number of carbonyl (C=O) groups excluding carboxylic acids is 2. The van der Waals surface area contributed by atoms with Gasteiger partial charge in [0.25, 0.3) is 0 Å². The highest BCUT2D eigenvalue weighted by atomic mass is 19.1. The lowest BCUT2D eigenvalue weighted by Crippen LogP contribution is -2.47. The first-order valence-corrected chi connectivity index (χ1v) is 10.6. The molecule has 1 atom stereocenters. The summed E-state index contributed by atoms with van der Waals surface area (Å²) >= 11 is 0. The molecule has 6 nitrogen and oxygen atoms in total. The molecule has 0 bridgehead atoms. The maximum absolute atomic E-state index is 13.0. The van der Waals surface area contributed by atoms with E-state index in [4.69, 9.17) is 0 Å². The topological polar surface area (TPSA) is 83.1 Å². The number of hydrogen-bond donors (Lipinski definition) is 3. The molecule has 1 aromatic heterocycles. The third-order valence-corrected chi connectivity index (χ3v) is 4.94. The Labute approximate surface area is 187 Å². The minimum atomic E-state index is -0.662. The lowest BCUT2D eigenvalue weighted by atomic mass is 10.1. The maximum atomic E-state index is 13.0. The number of nitrogens with one attached hydrogen (secondary N) is 3. The fraction of sp³-hybridized carbons (Fsp3) is 0.240. The van der Waals surface area contributed by atoms with Gasteiger partial charge in [-0.15, -0.1) is 0 Å². The lowest BCUT2D eigenvalue weighted by molar-refractivity contribution is -0.118. The average molecular weight is 435 g/mol. The molecule has 3 amide bonds. The van der Waals surface area contributed by atoms with Gasteiger partial charge in [-0.1, -0.05) is 37.6 Å². The highest BCUT2D eigenvalue weighted by Gasteiger charge is 2.20. The number of hydrogen-bond acceptors (Lipinski definition) is 3. The molecule has 166 valence electrons. The summed E-state index contributed by atoms with van der Waals surface area (Å²) in [7, 11) is 0. The fourth-order valence-electron chi connectivity index (χ4n) is 3.22. The number of halogens is 1. The van der Waals surface area contributed by atoms with Crippen molar-refractivity contribution < 1.29 is 14.0 Å². The number of rotatable bonds is 9. The highest BCUT2D eigenvalue weighted by Crippen LogP contribution is 2.14. The summed E-state index contributed by atoms with van der Waals surface area (Å²) in [6, 6.07) is 16.3. The van der Waals surface area contributed by atoms with E-state index in [1.807, 2.05) is 43.3 Å². The predicted octanol–water partition coefficient (Wildman–Crippen LogP) is 4.42. The van der Waals surface area contributed by atoms with Gasteiger partial charge in [-0.3, -0.25) is 9.78 Å². The fourth-order valence-corrected chi connectivity index (χ4v) is 3.22. The molecular weight excluding hydrogens is 407 g/mol. The van der Waals surface area contributed by atoms with E-state index in [9.17, 15) is 14.0 Å². The molecule has 3 aromatic rings. The van der Waals surface area contributed by atoms with Crippen LogP contribution in [0.25, 0.3) is 0 Å². The van der Waals surface area contributed by atoms with Crippen molar-refractivity contribution in [2.24, 2.45) is 0 Å². The quantitative estimate of drug-likeness (QED) is 0.466. The summed E-state index contributed by atoms with van der Waals surface area (Å²) in [6.45, 7) is 2.19. The smallest absolute Gasteiger partial charge is 0.315 e. The Balaban J connectivity index is 1.52. The van der Waals surface area contributed by atoms with Crippen LogP contribution in [0, 0.1) is 5.82 Å². The van der Waals surface area contributed by atoms with Gasteiger partial charge in [0.2, 0.25) is 5.91 Å². The van der Waals surface area contributed by atoms with Gasteiger partial charge in [0.05, 0.1) is 0 Å². The predicted molar refractivity (Wildman–Crippen MR) is 123 cm³/mol. The zero-order valence-corrected chi connectivity index (χ0v) is 18.0. The van der Waals surface area contributed by atoms with Crippen molar-refractivity contribution >= 4 is 17.6 Å². The number of urea groups is 1. The van der Waals surface area contributed by atoms with Crippen LogP contribution in [0.4, 0.5) is 14.9 Å². The molecule has 1 unspecified atom stereocenters. The number of nitrogens with zero attached hydrogens (tertiary/aromatic N) is 1. The van der Waals surface area contributed by atoms with Crippen LogP contribution in [0.3, 0.4) is 0 Å². The standard InChI is InChI=1S/C25H27FN4O2/c1-2-3-23(30-25(32)28-17-20-4-8-21(26)9-5-20)24(31)29-22-10-6-18(7-11-22)16-19-12-14-27-15-13-19/h4-15,23H,2-3,16-17H2,1H3,(H,29,31)(H2,28,30,32). The van der Waals surface area contributed by atoms with Crippen LogP contribution in [-0.4, -0.2) is 23.0 Å². The van der Waals surface area contributed by atoms with E-state index in [0.29, 0.717) is 12.1 Å². The molecule has 0 saturated heterocycles. The van der Waals surface area contributed by atoms with Crippen molar-refractivity contribution in [3.63, 3.8) is 0 Å². The van der Waals surface area contributed by atoms with Crippen molar-refractivity contribution in [2.75, 3.05) is 5.32 Å². The number of pyridine rings is 1. The zero-order valence-electron chi connectivity index (χ0n) is 18.0. The zero-order chi connectivity index (χ0) is 22.8. The van der Waals surface area contributed by atoms with Gasteiger partial charge in [-0.25, -0.2) is 9.18 Å². The Morgan fingerprint density at radius 1 is 0.906 bits per heavy atom. The van der Waals surface area contributed by atoms with E-state index in [1.54, 1.807) is 24.5 Å². The first kappa shape index (κ1) is 22.9. The van der Waals surface area contributed by atoms with E-state index in [2.05, 4.69) is 20.9 Å². The Morgan fingerprint density at radius 2 is 1.53 bits per heavy atom. The normalized spacial score (nSPS) is 11.4. The minimum Gasteiger partial charge on any atom is -0.334 e. The maximum Gasteiger partial charge on any atom is 0.315 e. The summed E-state index contributed by atoms with van der Waals surface area (Å²) < 4.78 is 13.0. The Kier molecular flexibility index (Phi) is 8.31. The van der Waals surface area contributed by atoms with Crippen LogP contribution >= 0.6 is 0 Å². The molecule has 1 heterocycles. The Hall–Kier alpha value is -3.74. The van der Waals surface area contributed by atoms with Crippen molar-refractivity contribution in [3.05, 3.63) is 95.6 Å². The summed E-state index contributed by atoms with van der Waals surface area (Å²) in [5, 5.41) is 8.29. The van der Waals surface area contributed by atoms with E-state index in [-0.39, 0.29) is 18.3 Å². The lowest BCUT2D eigenvalue weighted by Gasteiger charge is -2.18. The van der Waals surface area contributed by atoms with E-state index < -0.39 is 12.1 Å². The van der Waals surface area contributed by atoms with Gasteiger partial charge in [-0.05, 0) is 65.9 Å². The van der Waals surface area contributed by atoms with Crippen molar-refractivity contribution in [1.82, 2.24) is 15.6 Å². The van der Waals surface area contributed by atoms with Gasteiger partial charge in [0.15, 0.2) is 0 Å². The van der Waals surface area contributed by atoms with Gasteiger partial charge in [-0.2, -0.15) is 0 Å². The first-order chi connectivity index (χ1) is 15.5. The summed E-state index contributed by atoms with van der Waals surface area (Å²) in [4.78, 5) is 29.0. The number of amides is 3. The SMILES string of the molecule is CCCC(NC(=O)NCc1ccc(F)cc1)C(=O)Nc1ccc(Cc2ccncc2)cc1. The molecule has 3 rings (SSSR count). The van der Waals surface area contributed by atoms with Crippen molar-refractivity contribution in [1.29, 1.82) is 0 Å². The van der Waals surface area contributed by atoms with Gasteiger partial charge >= 0.3 is 6.03 Å². The van der Waals surface area contributed by atoms with Crippen LogP contribution in [0.2, 0.25) is 0 Å². The molecular formula is C25H27FN4O2. The number of aromatic nitrogens is 1.